The van der Waals surface area contributed by atoms with E-state index in [1.807, 2.05) is 0 Å². The van der Waals surface area contributed by atoms with Crippen LogP contribution < -0.4 is 5.19 Å². The van der Waals surface area contributed by atoms with E-state index in [9.17, 15) is 14.4 Å². The van der Waals surface area contributed by atoms with E-state index in [1.54, 1.807) is 25.2 Å². The number of cyclic esters (lactones) is 2. The minimum absolute atomic E-state index is 0.257. The highest BCUT2D eigenvalue weighted by Gasteiger charge is 2.31. The van der Waals surface area contributed by atoms with Crippen LogP contribution in [0.2, 0.25) is 13.1 Å². The van der Waals surface area contributed by atoms with Crippen molar-refractivity contribution in [2.75, 3.05) is 0 Å². The van der Waals surface area contributed by atoms with Crippen LogP contribution in [0.4, 0.5) is 0 Å². The van der Waals surface area contributed by atoms with Gasteiger partial charge in [0.05, 0.1) is 11.1 Å². The number of fused-ring (bicyclic) bond motifs is 1. The van der Waals surface area contributed by atoms with Crippen molar-refractivity contribution in [2.45, 2.75) is 13.1 Å². The Morgan fingerprint density at radius 2 is 1.73 bits per heavy atom. The fourth-order valence-corrected chi connectivity index (χ4v) is 2.45. The molecule has 1 aliphatic heterocycles. The normalized spacial score (nSPS) is 15.1. The molecule has 2 rings (SSSR count). The van der Waals surface area contributed by atoms with Crippen molar-refractivity contribution in [3.8, 4) is 0 Å². The van der Waals surface area contributed by atoms with Gasteiger partial charge in [0, 0.05) is 0 Å². The molecule has 5 heteroatoms. The third kappa shape index (κ3) is 1.60. The van der Waals surface area contributed by atoms with Crippen LogP contribution >= 0.6 is 0 Å². The minimum atomic E-state index is -2.45. The van der Waals surface area contributed by atoms with Crippen LogP contribution in [0.5, 0.6) is 0 Å². The number of esters is 2. The standard InChI is InChI=1S/C10H10O4Si/c1-15(2,13)6-3-4-7-8(5-6)10(12)14-9(7)11/h3-5,13H,1-2H3. The molecule has 0 bridgehead atoms. The highest BCUT2D eigenvalue weighted by molar-refractivity contribution is 6.83. The van der Waals surface area contributed by atoms with Gasteiger partial charge in [0.2, 0.25) is 8.32 Å². The van der Waals surface area contributed by atoms with E-state index in [0.717, 1.165) is 0 Å². The summed E-state index contributed by atoms with van der Waals surface area (Å²) in [5.41, 5.74) is 0.536. The topological polar surface area (TPSA) is 63.6 Å². The smallest absolute Gasteiger partial charge is 0.346 e. The van der Waals surface area contributed by atoms with Crippen LogP contribution in [-0.2, 0) is 4.74 Å². The first-order valence-electron chi connectivity index (χ1n) is 4.53. The first-order valence-corrected chi connectivity index (χ1v) is 7.48. The van der Waals surface area contributed by atoms with Crippen LogP contribution in [-0.4, -0.2) is 25.1 Å². The van der Waals surface area contributed by atoms with Gasteiger partial charge >= 0.3 is 11.9 Å². The van der Waals surface area contributed by atoms with Gasteiger partial charge in [-0.05, 0) is 30.4 Å². The van der Waals surface area contributed by atoms with Crippen LogP contribution in [0.15, 0.2) is 18.2 Å². The van der Waals surface area contributed by atoms with Gasteiger partial charge in [0.1, 0.15) is 0 Å². The molecular formula is C10H10O4Si. The average molecular weight is 222 g/mol. The molecule has 0 spiro atoms. The van der Waals surface area contributed by atoms with Gasteiger partial charge in [-0.2, -0.15) is 0 Å². The van der Waals surface area contributed by atoms with Crippen LogP contribution in [0.25, 0.3) is 0 Å². The van der Waals surface area contributed by atoms with Crippen LogP contribution in [0, 0.1) is 0 Å². The number of rotatable bonds is 1. The lowest BCUT2D eigenvalue weighted by atomic mass is 10.1. The zero-order chi connectivity index (χ0) is 11.2. The molecule has 0 aromatic heterocycles. The Hall–Kier alpha value is -1.46. The number of carbonyl (C=O) groups is 2. The molecule has 1 aromatic carbocycles. The van der Waals surface area contributed by atoms with Gasteiger partial charge in [-0.15, -0.1) is 0 Å². The van der Waals surface area contributed by atoms with E-state index in [2.05, 4.69) is 4.74 Å². The number of ether oxygens (including phenoxy) is 1. The lowest BCUT2D eigenvalue weighted by Gasteiger charge is -2.14. The van der Waals surface area contributed by atoms with Crippen molar-refractivity contribution in [3.05, 3.63) is 29.3 Å². The third-order valence-corrected chi connectivity index (χ3v) is 4.08. The van der Waals surface area contributed by atoms with Crippen molar-refractivity contribution < 1.29 is 19.1 Å². The molecule has 78 valence electrons. The van der Waals surface area contributed by atoms with E-state index in [-0.39, 0.29) is 11.1 Å². The average Bonchev–Trinajstić information content (AvgIpc) is 2.41. The molecule has 0 saturated heterocycles. The summed E-state index contributed by atoms with van der Waals surface area (Å²) >= 11 is 0. The van der Waals surface area contributed by atoms with Crippen molar-refractivity contribution in [3.63, 3.8) is 0 Å². The number of hydrogen-bond acceptors (Lipinski definition) is 4. The maximum Gasteiger partial charge on any atom is 0.346 e. The summed E-state index contributed by atoms with van der Waals surface area (Å²) in [7, 11) is -2.45. The number of hydrogen-bond donors (Lipinski definition) is 1. The zero-order valence-corrected chi connectivity index (χ0v) is 9.40. The lowest BCUT2D eigenvalue weighted by molar-refractivity contribution is 0.0444. The first kappa shape index (κ1) is 10.1. The molecule has 0 radical (unpaired) electrons. The SMILES string of the molecule is C[Si](C)(O)c1ccc2c(c1)C(=O)OC2=O. The molecule has 1 heterocycles. The Morgan fingerprint density at radius 3 is 2.33 bits per heavy atom. The van der Waals surface area contributed by atoms with Gasteiger partial charge < -0.3 is 9.53 Å². The highest BCUT2D eigenvalue weighted by Crippen LogP contribution is 2.19. The quantitative estimate of drug-likeness (QED) is 0.424. The lowest BCUT2D eigenvalue weighted by Crippen LogP contribution is -2.41. The number of carbonyl (C=O) groups excluding carboxylic acids is 2. The Labute approximate surface area is 87.6 Å². The molecule has 0 aliphatic carbocycles. The van der Waals surface area contributed by atoms with Crippen LogP contribution in [0.3, 0.4) is 0 Å². The summed E-state index contributed by atoms with van der Waals surface area (Å²) in [5.74, 6) is -1.24. The van der Waals surface area contributed by atoms with Crippen molar-refractivity contribution in [1.29, 1.82) is 0 Å². The molecule has 4 nitrogen and oxygen atoms in total. The van der Waals surface area contributed by atoms with E-state index < -0.39 is 20.3 Å². The predicted octanol–water partition coefficient (Wildman–Crippen LogP) is 0.402. The summed E-state index contributed by atoms with van der Waals surface area (Å²) in [6.07, 6.45) is 0. The van der Waals surface area contributed by atoms with Gasteiger partial charge in [-0.3, -0.25) is 0 Å². The zero-order valence-electron chi connectivity index (χ0n) is 8.40. The molecule has 1 aromatic rings. The monoisotopic (exact) mass is 222 g/mol. The highest BCUT2D eigenvalue weighted by atomic mass is 28.4. The molecule has 0 amide bonds. The molecule has 0 atom stereocenters. The largest absolute Gasteiger partial charge is 0.428 e. The minimum Gasteiger partial charge on any atom is -0.428 e. The maximum absolute atomic E-state index is 11.2. The third-order valence-electron chi connectivity index (χ3n) is 2.35. The van der Waals surface area contributed by atoms with Crippen molar-refractivity contribution in [1.82, 2.24) is 0 Å². The van der Waals surface area contributed by atoms with Gasteiger partial charge in [-0.25, -0.2) is 9.59 Å². The maximum atomic E-state index is 11.2. The van der Waals surface area contributed by atoms with E-state index in [1.165, 1.54) is 6.07 Å². The molecule has 0 unspecified atom stereocenters. The molecule has 15 heavy (non-hydrogen) atoms. The Balaban J connectivity index is 2.57. The van der Waals surface area contributed by atoms with Crippen molar-refractivity contribution in [2.24, 2.45) is 0 Å². The van der Waals surface area contributed by atoms with Crippen LogP contribution in [0.1, 0.15) is 20.7 Å². The van der Waals surface area contributed by atoms with Crippen molar-refractivity contribution >= 4 is 25.4 Å². The van der Waals surface area contributed by atoms with E-state index in [4.69, 9.17) is 0 Å². The fraction of sp³-hybridized carbons (Fsp3) is 0.200. The predicted molar refractivity (Wildman–Crippen MR) is 55.5 cm³/mol. The second-order valence-electron chi connectivity index (χ2n) is 4.00. The summed E-state index contributed by atoms with van der Waals surface area (Å²) in [6, 6.07) is 4.75. The van der Waals surface area contributed by atoms with E-state index in [0.29, 0.717) is 5.19 Å². The Morgan fingerprint density at radius 1 is 1.13 bits per heavy atom. The molecule has 1 N–H and O–H groups in total. The second-order valence-corrected chi connectivity index (χ2v) is 7.69. The second kappa shape index (κ2) is 3.01. The summed E-state index contributed by atoms with van der Waals surface area (Å²) in [6.45, 7) is 3.49. The van der Waals surface area contributed by atoms with Gasteiger partial charge in [-0.1, -0.05) is 6.07 Å². The molecule has 0 saturated carbocycles. The molecule has 0 fully saturated rings. The first-order chi connectivity index (χ1) is 6.89. The molecule has 1 aliphatic rings. The van der Waals surface area contributed by atoms with Gasteiger partial charge in [0.15, 0.2) is 0 Å². The summed E-state index contributed by atoms with van der Waals surface area (Å²) in [4.78, 5) is 32.3. The summed E-state index contributed by atoms with van der Waals surface area (Å²) in [5, 5.41) is 0.716. The molecular weight excluding hydrogens is 212 g/mol. The Bertz CT molecular complexity index is 459. The fourth-order valence-electron chi connectivity index (χ4n) is 1.47. The summed E-state index contributed by atoms with van der Waals surface area (Å²) < 4.78 is 4.46. The van der Waals surface area contributed by atoms with Gasteiger partial charge in [0.25, 0.3) is 0 Å². The van der Waals surface area contributed by atoms with E-state index >= 15 is 0 Å². The number of benzene rings is 1. The Kier molecular flexibility index (Phi) is 2.02.